The SMILES string of the molecule is CC(C)c1ccc(C2SCCN2C(=O)Nc2cccc(F)c2)cc1. The van der Waals surface area contributed by atoms with Gasteiger partial charge in [-0.2, -0.15) is 0 Å². The molecule has 1 atom stereocenters. The molecular formula is C19H21FN2OS. The van der Waals surface area contributed by atoms with Crippen molar-refractivity contribution < 1.29 is 9.18 Å². The van der Waals surface area contributed by atoms with Crippen LogP contribution in [0.1, 0.15) is 36.3 Å². The van der Waals surface area contributed by atoms with Crippen LogP contribution in [0.5, 0.6) is 0 Å². The van der Waals surface area contributed by atoms with Crippen LogP contribution in [-0.2, 0) is 0 Å². The van der Waals surface area contributed by atoms with Crippen LogP contribution in [0.2, 0.25) is 0 Å². The van der Waals surface area contributed by atoms with E-state index in [1.54, 1.807) is 28.8 Å². The molecule has 2 amide bonds. The summed E-state index contributed by atoms with van der Waals surface area (Å²) in [5.41, 5.74) is 2.89. The Kier molecular flexibility index (Phi) is 5.09. The molecule has 126 valence electrons. The van der Waals surface area contributed by atoms with Crippen molar-refractivity contribution in [1.29, 1.82) is 0 Å². The zero-order chi connectivity index (χ0) is 17.1. The first-order valence-electron chi connectivity index (χ1n) is 8.09. The van der Waals surface area contributed by atoms with Crippen molar-refractivity contribution in [1.82, 2.24) is 4.90 Å². The number of nitrogens with one attached hydrogen (secondary N) is 1. The maximum atomic E-state index is 13.3. The minimum atomic E-state index is -0.357. The third-order valence-corrected chi connectivity index (χ3v) is 5.38. The highest BCUT2D eigenvalue weighted by molar-refractivity contribution is 7.99. The number of benzene rings is 2. The Balaban J connectivity index is 1.73. The second-order valence-electron chi connectivity index (χ2n) is 6.18. The van der Waals surface area contributed by atoms with Gasteiger partial charge in [0.1, 0.15) is 11.2 Å². The molecule has 1 aliphatic rings. The van der Waals surface area contributed by atoms with Gasteiger partial charge >= 0.3 is 6.03 Å². The summed E-state index contributed by atoms with van der Waals surface area (Å²) in [5.74, 6) is 1.03. The molecule has 1 aliphatic heterocycles. The van der Waals surface area contributed by atoms with Gasteiger partial charge in [-0.25, -0.2) is 9.18 Å². The topological polar surface area (TPSA) is 32.3 Å². The average Bonchev–Trinajstić information content (AvgIpc) is 3.04. The molecule has 0 saturated carbocycles. The van der Waals surface area contributed by atoms with Crippen molar-refractivity contribution in [2.45, 2.75) is 25.1 Å². The predicted octanol–water partition coefficient (Wildman–Crippen LogP) is 5.23. The van der Waals surface area contributed by atoms with Gasteiger partial charge in [-0.05, 0) is 35.2 Å². The van der Waals surface area contributed by atoms with Crippen LogP contribution in [0, 0.1) is 5.82 Å². The first kappa shape index (κ1) is 16.8. The Morgan fingerprint density at radius 3 is 2.67 bits per heavy atom. The molecule has 0 aromatic heterocycles. The summed E-state index contributed by atoms with van der Waals surface area (Å²) < 4.78 is 13.3. The number of amides is 2. The molecule has 0 aliphatic carbocycles. The maximum Gasteiger partial charge on any atom is 0.323 e. The standard InChI is InChI=1S/C19H21FN2OS/c1-13(2)14-6-8-15(9-7-14)18-22(10-11-24-18)19(23)21-17-5-3-4-16(20)12-17/h3-9,12-13,18H,10-11H2,1-2H3,(H,21,23). The summed E-state index contributed by atoms with van der Waals surface area (Å²) in [7, 11) is 0. The zero-order valence-corrected chi connectivity index (χ0v) is 14.6. The Hall–Kier alpha value is -2.01. The lowest BCUT2D eigenvalue weighted by Crippen LogP contribution is -2.34. The summed E-state index contributed by atoms with van der Waals surface area (Å²) in [6.07, 6.45) is 0. The molecule has 3 rings (SSSR count). The predicted molar refractivity (Wildman–Crippen MR) is 97.9 cm³/mol. The number of urea groups is 1. The second-order valence-corrected chi connectivity index (χ2v) is 7.37. The summed E-state index contributed by atoms with van der Waals surface area (Å²) in [6, 6.07) is 14.2. The molecule has 2 aromatic carbocycles. The van der Waals surface area contributed by atoms with Gasteiger partial charge in [0.25, 0.3) is 0 Å². The van der Waals surface area contributed by atoms with Crippen molar-refractivity contribution in [3.05, 3.63) is 65.5 Å². The molecule has 5 heteroatoms. The fraction of sp³-hybridized carbons (Fsp3) is 0.316. The largest absolute Gasteiger partial charge is 0.323 e. The third-order valence-electron chi connectivity index (χ3n) is 4.12. The molecule has 1 fully saturated rings. The first-order chi connectivity index (χ1) is 11.5. The van der Waals surface area contributed by atoms with E-state index in [-0.39, 0.29) is 17.2 Å². The van der Waals surface area contributed by atoms with Crippen molar-refractivity contribution in [2.75, 3.05) is 17.6 Å². The Bertz CT molecular complexity index is 718. The van der Waals surface area contributed by atoms with Gasteiger partial charge in [-0.15, -0.1) is 11.8 Å². The van der Waals surface area contributed by atoms with Crippen LogP contribution in [0.15, 0.2) is 48.5 Å². The molecule has 24 heavy (non-hydrogen) atoms. The molecule has 1 heterocycles. The normalized spacial score (nSPS) is 17.3. The number of halogens is 1. The van der Waals surface area contributed by atoms with Crippen LogP contribution >= 0.6 is 11.8 Å². The molecule has 1 N–H and O–H groups in total. The van der Waals surface area contributed by atoms with E-state index < -0.39 is 0 Å². The second kappa shape index (κ2) is 7.26. The lowest BCUT2D eigenvalue weighted by atomic mass is 10.0. The minimum absolute atomic E-state index is 0.000212. The highest BCUT2D eigenvalue weighted by Crippen LogP contribution is 2.38. The molecule has 0 radical (unpaired) electrons. The summed E-state index contributed by atoms with van der Waals surface area (Å²) in [5, 5.41) is 2.79. The quantitative estimate of drug-likeness (QED) is 0.827. The van der Waals surface area contributed by atoms with Gasteiger partial charge in [-0.1, -0.05) is 44.2 Å². The Morgan fingerprint density at radius 1 is 1.25 bits per heavy atom. The van der Waals surface area contributed by atoms with Crippen molar-refractivity contribution in [2.24, 2.45) is 0 Å². The first-order valence-corrected chi connectivity index (χ1v) is 9.14. The van der Waals surface area contributed by atoms with E-state index in [0.29, 0.717) is 18.2 Å². The van der Waals surface area contributed by atoms with Crippen molar-refractivity contribution >= 4 is 23.5 Å². The van der Waals surface area contributed by atoms with E-state index in [4.69, 9.17) is 0 Å². The van der Waals surface area contributed by atoms with Crippen LogP contribution in [0.25, 0.3) is 0 Å². The number of thioether (sulfide) groups is 1. The summed E-state index contributed by atoms with van der Waals surface area (Å²) in [4.78, 5) is 14.4. The van der Waals surface area contributed by atoms with Gasteiger partial charge in [-0.3, -0.25) is 0 Å². The molecule has 0 spiro atoms. The smallest absolute Gasteiger partial charge is 0.308 e. The zero-order valence-electron chi connectivity index (χ0n) is 13.8. The maximum absolute atomic E-state index is 13.3. The molecular weight excluding hydrogens is 323 g/mol. The van der Waals surface area contributed by atoms with Gasteiger partial charge in [0.2, 0.25) is 0 Å². The van der Waals surface area contributed by atoms with Crippen LogP contribution in [0.4, 0.5) is 14.9 Å². The number of anilines is 1. The number of carbonyl (C=O) groups excluding carboxylic acids is 1. The van der Waals surface area contributed by atoms with E-state index in [0.717, 1.165) is 11.3 Å². The van der Waals surface area contributed by atoms with Gasteiger partial charge in [0, 0.05) is 18.0 Å². The number of hydrogen-bond acceptors (Lipinski definition) is 2. The third kappa shape index (κ3) is 3.73. The highest BCUT2D eigenvalue weighted by Gasteiger charge is 2.30. The Labute approximate surface area is 146 Å². The molecule has 0 bridgehead atoms. The van der Waals surface area contributed by atoms with Crippen LogP contribution in [0.3, 0.4) is 0 Å². The summed E-state index contributed by atoms with van der Waals surface area (Å²) in [6.45, 7) is 5.01. The van der Waals surface area contributed by atoms with Gasteiger partial charge in [0.05, 0.1) is 0 Å². The molecule has 3 nitrogen and oxygen atoms in total. The monoisotopic (exact) mass is 344 g/mol. The molecule has 2 aromatic rings. The number of carbonyl (C=O) groups is 1. The minimum Gasteiger partial charge on any atom is -0.308 e. The fourth-order valence-electron chi connectivity index (χ4n) is 2.76. The highest BCUT2D eigenvalue weighted by atomic mass is 32.2. The summed E-state index contributed by atoms with van der Waals surface area (Å²) >= 11 is 1.75. The number of nitrogens with zero attached hydrogens (tertiary/aromatic N) is 1. The number of rotatable bonds is 3. The molecule has 1 unspecified atom stereocenters. The van der Waals surface area contributed by atoms with Gasteiger partial charge in [0.15, 0.2) is 0 Å². The van der Waals surface area contributed by atoms with Crippen LogP contribution < -0.4 is 5.32 Å². The van der Waals surface area contributed by atoms with Gasteiger partial charge < -0.3 is 10.2 Å². The van der Waals surface area contributed by atoms with E-state index >= 15 is 0 Å². The van der Waals surface area contributed by atoms with E-state index in [9.17, 15) is 9.18 Å². The Morgan fingerprint density at radius 2 is 2.00 bits per heavy atom. The van der Waals surface area contributed by atoms with E-state index in [2.05, 4.69) is 43.4 Å². The lowest BCUT2D eigenvalue weighted by molar-refractivity contribution is 0.214. The van der Waals surface area contributed by atoms with E-state index in [1.807, 2.05) is 0 Å². The fourth-order valence-corrected chi connectivity index (χ4v) is 4.02. The average molecular weight is 344 g/mol. The van der Waals surface area contributed by atoms with Crippen molar-refractivity contribution in [3.8, 4) is 0 Å². The van der Waals surface area contributed by atoms with Crippen LogP contribution in [-0.4, -0.2) is 23.2 Å². The van der Waals surface area contributed by atoms with E-state index in [1.165, 1.54) is 17.7 Å². The number of hydrogen-bond donors (Lipinski definition) is 1. The molecule has 1 saturated heterocycles. The van der Waals surface area contributed by atoms with Crippen molar-refractivity contribution in [3.63, 3.8) is 0 Å². The lowest BCUT2D eigenvalue weighted by Gasteiger charge is -2.24.